The molecule has 3 amide bonds. The largest absolute Gasteiger partial charge is 0.534 e. The molecule has 4 rings (SSSR count). The number of carbonyl (C=O) groups is 2. The molecule has 0 bridgehead atoms. The van der Waals surface area contributed by atoms with Crippen molar-refractivity contribution >= 4 is 22.1 Å². The molecule has 37 heavy (non-hydrogen) atoms. The number of alkyl halides is 3. The van der Waals surface area contributed by atoms with Crippen LogP contribution in [0.25, 0.3) is 0 Å². The van der Waals surface area contributed by atoms with Crippen molar-refractivity contribution in [2.24, 2.45) is 23.2 Å². The molecule has 11 heteroatoms. The van der Waals surface area contributed by atoms with Gasteiger partial charge in [0.15, 0.2) is 0 Å². The monoisotopic (exact) mass is 544 g/mol. The van der Waals surface area contributed by atoms with Crippen LogP contribution in [0.1, 0.15) is 69.9 Å². The van der Waals surface area contributed by atoms with Gasteiger partial charge in [-0.25, -0.2) is 4.79 Å². The van der Waals surface area contributed by atoms with Gasteiger partial charge < -0.3 is 9.08 Å². The van der Waals surface area contributed by atoms with E-state index in [9.17, 15) is 31.2 Å². The van der Waals surface area contributed by atoms with E-state index in [1.807, 2.05) is 13.8 Å². The van der Waals surface area contributed by atoms with E-state index in [4.69, 9.17) is 0 Å². The van der Waals surface area contributed by atoms with Gasteiger partial charge in [0.05, 0.1) is 0 Å². The van der Waals surface area contributed by atoms with Gasteiger partial charge in [-0.05, 0) is 98.8 Å². The summed E-state index contributed by atoms with van der Waals surface area (Å²) < 4.78 is 65.4. The van der Waals surface area contributed by atoms with Crippen LogP contribution in [0.5, 0.6) is 5.75 Å². The van der Waals surface area contributed by atoms with Gasteiger partial charge in [0.25, 0.3) is 0 Å². The molecular weight excluding hydrogens is 509 g/mol. The van der Waals surface area contributed by atoms with Crippen molar-refractivity contribution in [2.45, 2.75) is 70.7 Å². The maximum atomic E-state index is 13.5. The topological polar surface area (TPSA) is 84.0 Å². The third-order valence-corrected chi connectivity index (χ3v) is 10.1. The minimum Gasteiger partial charge on any atom is -0.376 e. The Hall–Kier alpha value is -2.30. The average molecular weight is 545 g/mol. The highest BCUT2D eigenvalue weighted by molar-refractivity contribution is 7.88. The quantitative estimate of drug-likeness (QED) is 0.371. The van der Waals surface area contributed by atoms with Crippen LogP contribution in [0.4, 0.5) is 18.0 Å². The molecule has 0 unspecified atom stereocenters. The van der Waals surface area contributed by atoms with Crippen molar-refractivity contribution in [1.29, 1.82) is 0 Å². The number of aryl methyl sites for hydroxylation is 1. The lowest BCUT2D eigenvalue weighted by atomic mass is 9.54. The second kappa shape index (κ2) is 9.78. The van der Waals surface area contributed by atoms with Crippen molar-refractivity contribution in [1.82, 2.24) is 9.80 Å². The second-order valence-corrected chi connectivity index (χ2v) is 12.3. The summed E-state index contributed by atoms with van der Waals surface area (Å²) in [6.07, 6.45) is 4.66. The number of rotatable bonds is 5. The number of amides is 3. The van der Waals surface area contributed by atoms with E-state index >= 15 is 0 Å². The highest BCUT2D eigenvalue weighted by Gasteiger charge is 2.57. The zero-order valence-electron chi connectivity index (χ0n) is 21.7. The predicted octanol–water partition coefficient (Wildman–Crippen LogP) is 5.31. The Morgan fingerprint density at radius 2 is 1.78 bits per heavy atom. The van der Waals surface area contributed by atoms with E-state index in [0.29, 0.717) is 31.3 Å². The Morgan fingerprint density at radius 1 is 1.11 bits per heavy atom. The van der Waals surface area contributed by atoms with Gasteiger partial charge in [-0.15, -0.1) is 0 Å². The molecule has 3 aliphatic rings. The summed E-state index contributed by atoms with van der Waals surface area (Å²) >= 11 is 0. The molecule has 7 nitrogen and oxygen atoms in total. The van der Waals surface area contributed by atoms with Crippen LogP contribution < -0.4 is 4.18 Å². The smallest absolute Gasteiger partial charge is 0.376 e. The van der Waals surface area contributed by atoms with Gasteiger partial charge >= 0.3 is 21.7 Å². The zero-order chi connectivity index (χ0) is 27.3. The van der Waals surface area contributed by atoms with Gasteiger partial charge in [0.2, 0.25) is 5.91 Å². The molecule has 2 saturated carbocycles. The number of hydrogen-bond donors (Lipinski definition) is 0. The van der Waals surface area contributed by atoms with Crippen LogP contribution in [0.3, 0.4) is 0 Å². The first-order chi connectivity index (χ1) is 17.2. The molecule has 2 fully saturated rings. The second-order valence-electron chi connectivity index (χ2n) is 10.8. The number of halogens is 3. The highest BCUT2D eigenvalue weighted by Crippen LogP contribution is 2.63. The fourth-order valence-electron chi connectivity index (χ4n) is 7.22. The Bertz CT molecular complexity index is 1170. The van der Waals surface area contributed by atoms with Crippen molar-refractivity contribution in [2.75, 3.05) is 20.1 Å². The van der Waals surface area contributed by atoms with Crippen LogP contribution in [0, 0.1) is 23.2 Å². The van der Waals surface area contributed by atoms with Crippen LogP contribution in [-0.2, 0) is 21.3 Å². The molecule has 0 spiro atoms. The molecule has 0 aliphatic heterocycles. The number of nitrogens with zero attached hydrogens (tertiary/aromatic N) is 2. The SMILES string of the molecule is CCN(CC)C(=O)N(C)C(=O)[C@H]1CC[C@H]2[C@@H]3CCc4cc(OS(=O)(=O)C(F)(F)F)ccc4[C@H]3CC[C@]12C. The van der Waals surface area contributed by atoms with E-state index in [1.165, 1.54) is 17.0 Å². The average Bonchev–Trinajstić information content (AvgIpc) is 3.19. The number of carbonyl (C=O) groups excluding carboxylic acids is 2. The first kappa shape index (κ1) is 27.7. The van der Waals surface area contributed by atoms with E-state index in [2.05, 4.69) is 11.1 Å². The lowest BCUT2D eigenvalue weighted by molar-refractivity contribution is -0.137. The van der Waals surface area contributed by atoms with Crippen molar-refractivity contribution in [3.8, 4) is 5.75 Å². The van der Waals surface area contributed by atoms with Crippen LogP contribution >= 0.6 is 0 Å². The lowest BCUT2D eigenvalue weighted by Crippen LogP contribution is -2.50. The molecular formula is C26H35F3N2O5S. The Labute approximate surface area is 216 Å². The third-order valence-electron chi connectivity index (χ3n) is 9.14. The molecule has 3 aliphatic carbocycles. The fourth-order valence-corrected chi connectivity index (χ4v) is 7.68. The Morgan fingerprint density at radius 3 is 2.41 bits per heavy atom. The third kappa shape index (κ3) is 4.72. The molecule has 0 aromatic heterocycles. The van der Waals surface area contributed by atoms with E-state index < -0.39 is 15.6 Å². The van der Waals surface area contributed by atoms with Gasteiger partial charge in [-0.1, -0.05) is 13.0 Å². The summed E-state index contributed by atoms with van der Waals surface area (Å²) in [5.74, 6) is 0.129. The van der Waals surface area contributed by atoms with Gasteiger partial charge in [-0.2, -0.15) is 21.6 Å². The first-order valence-electron chi connectivity index (χ1n) is 12.9. The first-order valence-corrected chi connectivity index (χ1v) is 14.4. The molecule has 0 N–H and O–H groups in total. The van der Waals surface area contributed by atoms with Crippen LogP contribution in [0.2, 0.25) is 0 Å². The number of urea groups is 1. The number of hydrogen-bond acceptors (Lipinski definition) is 5. The number of imide groups is 1. The maximum absolute atomic E-state index is 13.5. The van der Waals surface area contributed by atoms with Crippen molar-refractivity contribution in [3.63, 3.8) is 0 Å². The zero-order valence-corrected chi connectivity index (χ0v) is 22.5. The molecule has 0 saturated heterocycles. The number of benzene rings is 1. The normalized spacial score (nSPS) is 29.1. The summed E-state index contributed by atoms with van der Waals surface area (Å²) in [6.45, 7) is 7.02. The minimum atomic E-state index is -5.72. The van der Waals surface area contributed by atoms with Gasteiger partial charge in [0, 0.05) is 26.1 Å². The molecule has 0 heterocycles. The summed E-state index contributed by atoms with van der Waals surface area (Å²) in [5, 5.41) is 0. The molecule has 206 valence electrons. The Kier molecular flexibility index (Phi) is 7.33. The molecule has 5 atom stereocenters. The van der Waals surface area contributed by atoms with Crippen LogP contribution in [-0.4, -0.2) is 55.8 Å². The molecule has 0 radical (unpaired) electrons. The van der Waals surface area contributed by atoms with Crippen molar-refractivity contribution in [3.05, 3.63) is 29.3 Å². The maximum Gasteiger partial charge on any atom is 0.534 e. The van der Waals surface area contributed by atoms with Crippen LogP contribution in [0.15, 0.2) is 18.2 Å². The molecule has 1 aromatic rings. The Balaban J connectivity index is 1.52. The lowest BCUT2D eigenvalue weighted by Gasteiger charge is -2.51. The standard InChI is InChI=1S/C26H35F3N2O5S/c1-5-31(6-2)24(33)30(4)23(32)22-12-11-21-20-9-7-16-15-17(36-37(34,35)26(27,28)29)8-10-18(16)19(20)13-14-25(21,22)3/h8,10,15,19-22H,5-7,9,11-14H2,1-4H3/t19-,20-,21+,22-,25+/m1/s1. The van der Waals surface area contributed by atoms with Gasteiger partial charge in [0.1, 0.15) is 5.75 Å². The summed E-state index contributed by atoms with van der Waals surface area (Å²) in [6, 6.07) is 4.14. The molecule has 1 aromatic carbocycles. The van der Waals surface area contributed by atoms with E-state index in [-0.39, 0.29) is 34.9 Å². The predicted molar refractivity (Wildman–Crippen MR) is 131 cm³/mol. The fraction of sp³-hybridized carbons (Fsp3) is 0.692. The minimum absolute atomic E-state index is 0.121. The van der Waals surface area contributed by atoms with Crippen molar-refractivity contribution < 1.29 is 35.4 Å². The summed E-state index contributed by atoms with van der Waals surface area (Å²) in [7, 11) is -4.15. The van der Waals surface area contributed by atoms with Gasteiger partial charge in [-0.3, -0.25) is 9.69 Å². The highest BCUT2D eigenvalue weighted by atomic mass is 32.2. The summed E-state index contributed by atoms with van der Waals surface area (Å²) in [4.78, 5) is 29.2. The summed E-state index contributed by atoms with van der Waals surface area (Å²) in [5.41, 5.74) is -3.87. The van der Waals surface area contributed by atoms with E-state index in [1.54, 1.807) is 18.0 Å². The number of fused-ring (bicyclic) bond motifs is 5. The van der Waals surface area contributed by atoms with E-state index in [0.717, 1.165) is 43.2 Å².